The first-order valence-corrected chi connectivity index (χ1v) is 9.22. The Hall–Kier alpha value is -2.93. The van der Waals surface area contributed by atoms with Gasteiger partial charge in [0.05, 0.1) is 34.0 Å². The van der Waals surface area contributed by atoms with Gasteiger partial charge in [-0.1, -0.05) is 0 Å². The zero-order chi connectivity index (χ0) is 21.2. The fourth-order valence-corrected chi connectivity index (χ4v) is 3.25. The van der Waals surface area contributed by atoms with Crippen LogP contribution < -0.4 is 18.9 Å². The van der Waals surface area contributed by atoms with Gasteiger partial charge in [-0.25, -0.2) is 4.99 Å². The lowest BCUT2D eigenvalue weighted by Gasteiger charge is -2.20. The summed E-state index contributed by atoms with van der Waals surface area (Å²) in [6, 6.07) is 8.88. The van der Waals surface area contributed by atoms with E-state index in [1.165, 1.54) is 21.3 Å². The maximum atomic E-state index is 11.3. The molecule has 7 heteroatoms. The molecule has 0 saturated heterocycles. The predicted molar refractivity (Wildman–Crippen MR) is 110 cm³/mol. The number of rotatable bonds is 7. The second-order valence-electron chi connectivity index (χ2n) is 7.33. The van der Waals surface area contributed by atoms with E-state index < -0.39 is 6.10 Å². The normalized spacial score (nSPS) is 15.9. The highest BCUT2D eigenvalue weighted by atomic mass is 16.5. The standard InChI is InChI=1S/C22H27NO6/c1-22(2)12-29-21(23-22)15-8-7-14(25-3)11-16(15)19(24)13-9-17(26-4)20(28-6)18(10-13)27-5/h7-11,19,24H,12H2,1-6H3. The van der Waals surface area contributed by atoms with Crippen LogP contribution in [0.2, 0.25) is 0 Å². The van der Waals surface area contributed by atoms with Gasteiger partial charge in [-0.3, -0.25) is 0 Å². The number of hydrogen-bond donors (Lipinski definition) is 1. The van der Waals surface area contributed by atoms with Crippen molar-refractivity contribution in [3.8, 4) is 23.0 Å². The largest absolute Gasteiger partial charge is 0.497 e. The summed E-state index contributed by atoms with van der Waals surface area (Å²) in [7, 11) is 6.19. The lowest BCUT2D eigenvalue weighted by molar-refractivity contribution is 0.217. The minimum absolute atomic E-state index is 0.315. The lowest BCUT2D eigenvalue weighted by atomic mass is 9.95. The third-order valence-corrected chi connectivity index (χ3v) is 4.75. The number of methoxy groups -OCH3 is 4. The van der Waals surface area contributed by atoms with E-state index in [-0.39, 0.29) is 5.54 Å². The van der Waals surface area contributed by atoms with Crippen LogP contribution >= 0.6 is 0 Å². The zero-order valence-electron chi connectivity index (χ0n) is 17.6. The molecule has 1 aliphatic rings. The molecule has 0 amide bonds. The summed E-state index contributed by atoms with van der Waals surface area (Å²) in [4.78, 5) is 4.65. The molecule has 1 aliphatic heterocycles. The molecule has 3 rings (SSSR count). The van der Waals surface area contributed by atoms with E-state index >= 15 is 0 Å². The van der Waals surface area contributed by atoms with E-state index in [1.807, 2.05) is 26.0 Å². The first kappa shape index (κ1) is 20.8. The molecule has 1 atom stereocenters. The fourth-order valence-electron chi connectivity index (χ4n) is 3.25. The van der Waals surface area contributed by atoms with Crippen molar-refractivity contribution < 1.29 is 28.8 Å². The van der Waals surface area contributed by atoms with E-state index in [2.05, 4.69) is 4.99 Å². The van der Waals surface area contributed by atoms with Gasteiger partial charge in [0, 0.05) is 11.1 Å². The Kier molecular flexibility index (Phi) is 5.88. The molecule has 0 spiro atoms. The summed E-state index contributed by atoms with van der Waals surface area (Å²) in [6.45, 7) is 4.48. The van der Waals surface area contributed by atoms with Crippen molar-refractivity contribution in [2.45, 2.75) is 25.5 Å². The average Bonchev–Trinajstić information content (AvgIpc) is 3.10. The van der Waals surface area contributed by atoms with E-state index in [0.717, 1.165) is 0 Å². The monoisotopic (exact) mass is 401 g/mol. The van der Waals surface area contributed by atoms with Crippen molar-refractivity contribution in [2.75, 3.05) is 35.0 Å². The number of ether oxygens (including phenoxy) is 5. The molecule has 0 fully saturated rings. The van der Waals surface area contributed by atoms with Gasteiger partial charge in [0.2, 0.25) is 11.6 Å². The Balaban J connectivity index is 2.13. The van der Waals surface area contributed by atoms with E-state index in [9.17, 15) is 5.11 Å². The summed E-state index contributed by atoms with van der Waals surface area (Å²) < 4.78 is 27.4. The molecule has 1 unspecified atom stereocenters. The first-order valence-electron chi connectivity index (χ1n) is 9.22. The number of aliphatic hydroxyl groups is 1. The van der Waals surface area contributed by atoms with Gasteiger partial charge in [0.15, 0.2) is 11.5 Å². The molecule has 2 aromatic rings. The summed E-state index contributed by atoms with van der Waals surface area (Å²) in [6.07, 6.45) is -0.996. The van der Waals surface area contributed by atoms with Gasteiger partial charge in [-0.2, -0.15) is 0 Å². The maximum absolute atomic E-state index is 11.3. The van der Waals surface area contributed by atoms with Crippen LogP contribution in [-0.2, 0) is 4.74 Å². The van der Waals surface area contributed by atoms with Gasteiger partial charge in [0.1, 0.15) is 18.5 Å². The number of hydrogen-bond acceptors (Lipinski definition) is 7. The highest BCUT2D eigenvalue weighted by molar-refractivity contribution is 5.97. The van der Waals surface area contributed by atoms with Crippen molar-refractivity contribution >= 4 is 5.90 Å². The Morgan fingerprint density at radius 1 is 0.966 bits per heavy atom. The average molecular weight is 401 g/mol. The van der Waals surface area contributed by atoms with E-state index in [0.29, 0.717) is 52.2 Å². The van der Waals surface area contributed by atoms with Crippen LogP contribution in [0.4, 0.5) is 0 Å². The van der Waals surface area contributed by atoms with Crippen LogP contribution in [0.15, 0.2) is 35.3 Å². The Morgan fingerprint density at radius 2 is 1.62 bits per heavy atom. The molecule has 29 heavy (non-hydrogen) atoms. The molecule has 0 bridgehead atoms. The lowest BCUT2D eigenvalue weighted by Crippen LogP contribution is -2.17. The third kappa shape index (κ3) is 4.10. The Labute approximate surface area is 170 Å². The zero-order valence-corrected chi connectivity index (χ0v) is 17.6. The second-order valence-corrected chi connectivity index (χ2v) is 7.33. The Morgan fingerprint density at radius 3 is 2.10 bits per heavy atom. The second kappa shape index (κ2) is 8.21. The predicted octanol–water partition coefficient (Wildman–Crippen LogP) is 3.36. The van der Waals surface area contributed by atoms with Gasteiger partial charge in [-0.05, 0) is 49.7 Å². The fraction of sp³-hybridized carbons (Fsp3) is 0.409. The third-order valence-electron chi connectivity index (χ3n) is 4.75. The molecular formula is C22H27NO6. The van der Waals surface area contributed by atoms with Gasteiger partial charge >= 0.3 is 0 Å². The molecule has 0 aromatic heterocycles. The minimum Gasteiger partial charge on any atom is -0.497 e. The summed E-state index contributed by atoms with van der Waals surface area (Å²) >= 11 is 0. The molecule has 2 aromatic carbocycles. The number of aliphatic imine (C=N–C) groups is 1. The summed E-state index contributed by atoms with van der Waals surface area (Å²) in [5, 5.41) is 11.3. The number of benzene rings is 2. The molecule has 0 radical (unpaired) electrons. The van der Waals surface area contributed by atoms with Crippen LogP contribution in [0.5, 0.6) is 23.0 Å². The number of nitrogens with zero attached hydrogens (tertiary/aromatic N) is 1. The maximum Gasteiger partial charge on any atom is 0.217 e. The van der Waals surface area contributed by atoms with Crippen LogP contribution in [0, 0.1) is 0 Å². The molecule has 0 aliphatic carbocycles. The molecule has 0 saturated carbocycles. The van der Waals surface area contributed by atoms with Crippen molar-refractivity contribution in [1.82, 2.24) is 0 Å². The van der Waals surface area contributed by atoms with Crippen molar-refractivity contribution in [3.63, 3.8) is 0 Å². The number of aliphatic hydroxyl groups excluding tert-OH is 1. The molecule has 7 nitrogen and oxygen atoms in total. The van der Waals surface area contributed by atoms with Gasteiger partial charge < -0.3 is 28.8 Å². The molecule has 1 N–H and O–H groups in total. The summed E-state index contributed by atoms with van der Waals surface area (Å²) in [5.74, 6) is 2.50. The highest BCUT2D eigenvalue weighted by Gasteiger charge is 2.30. The summed E-state index contributed by atoms with van der Waals surface area (Å²) in [5.41, 5.74) is 1.57. The SMILES string of the molecule is COc1ccc(C2=NC(C)(C)CO2)c(C(O)c2cc(OC)c(OC)c(OC)c2)c1. The van der Waals surface area contributed by atoms with Gasteiger partial charge in [-0.15, -0.1) is 0 Å². The van der Waals surface area contributed by atoms with Crippen LogP contribution in [-0.4, -0.2) is 51.6 Å². The first-order chi connectivity index (χ1) is 13.8. The topological polar surface area (TPSA) is 78.7 Å². The van der Waals surface area contributed by atoms with Crippen LogP contribution in [0.25, 0.3) is 0 Å². The van der Waals surface area contributed by atoms with E-state index in [1.54, 1.807) is 25.3 Å². The van der Waals surface area contributed by atoms with Crippen molar-refractivity contribution in [3.05, 3.63) is 47.0 Å². The minimum atomic E-state index is -0.996. The van der Waals surface area contributed by atoms with Crippen molar-refractivity contribution in [1.29, 1.82) is 0 Å². The molecule has 156 valence electrons. The smallest absolute Gasteiger partial charge is 0.217 e. The van der Waals surface area contributed by atoms with Crippen molar-refractivity contribution in [2.24, 2.45) is 4.99 Å². The molecular weight excluding hydrogens is 374 g/mol. The van der Waals surface area contributed by atoms with Crippen LogP contribution in [0.1, 0.15) is 36.6 Å². The molecule has 1 heterocycles. The highest BCUT2D eigenvalue weighted by Crippen LogP contribution is 2.41. The quantitative estimate of drug-likeness (QED) is 0.767. The Bertz CT molecular complexity index is 897. The van der Waals surface area contributed by atoms with Gasteiger partial charge in [0.25, 0.3) is 0 Å². The van der Waals surface area contributed by atoms with E-state index in [4.69, 9.17) is 23.7 Å². The van der Waals surface area contributed by atoms with Crippen LogP contribution in [0.3, 0.4) is 0 Å².